The number of alkyl halides is 4. The molecule has 0 unspecified atom stereocenters. The van der Waals surface area contributed by atoms with Crippen molar-refractivity contribution in [1.82, 2.24) is 19.4 Å². The van der Waals surface area contributed by atoms with Gasteiger partial charge in [-0.3, -0.25) is 9.59 Å². The lowest BCUT2D eigenvalue weighted by molar-refractivity contribution is -0.137. The minimum absolute atomic E-state index is 0.0710. The average Bonchev–Trinajstić information content (AvgIpc) is 3.40. The van der Waals surface area contributed by atoms with Gasteiger partial charge in [-0.2, -0.15) is 13.2 Å². The van der Waals surface area contributed by atoms with Crippen LogP contribution in [0.15, 0.2) is 42.7 Å². The number of anilines is 2. The molecule has 0 radical (unpaired) electrons. The third kappa shape index (κ3) is 4.57. The molecule has 14 heteroatoms. The number of benzene rings is 2. The van der Waals surface area contributed by atoms with E-state index in [1.165, 1.54) is 22.8 Å². The number of carbonyl (C=O) groups excluding carboxylic acids is 2. The number of rotatable bonds is 4. The number of fused-ring (bicyclic) bond motifs is 3. The Morgan fingerprint density at radius 1 is 1.16 bits per heavy atom. The molecule has 0 aliphatic carbocycles. The first-order valence-electron chi connectivity index (χ1n) is 11.2. The van der Waals surface area contributed by atoms with Crippen molar-refractivity contribution in [3.63, 3.8) is 0 Å². The predicted octanol–water partition coefficient (Wildman–Crippen LogP) is 4.56. The number of nitrogens with two attached hydrogens (primary N) is 1. The number of carbonyl (C=O) groups is 2. The highest BCUT2D eigenvalue weighted by molar-refractivity contribution is 6.30. The number of likely N-dealkylation sites (tertiary alicyclic amines) is 1. The fourth-order valence-electron chi connectivity index (χ4n) is 4.61. The van der Waals surface area contributed by atoms with E-state index in [2.05, 4.69) is 15.3 Å². The number of hydrogen-bond acceptors (Lipinski definition) is 5. The monoisotopic (exact) mass is 552 g/mol. The lowest BCUT2D eigenvalue weighted by Crippen LogP contribution is -2.44. The minimum atomic E-state index is -4.62. The van der Waals surface area contributed by atoms with Gasteiger partial charge in [0, 0.05) is 17.5 Å². The maximum atomic E-state index is 14.4. The summed E-state index contributed by atoms with van der Waals surface area (Å²) in [6.07, 6.45) is -5.30. The van der Waals surface area contributed by atoms with Crippen molar-refractivity contribution in [2.45, 2.75) is 31.4 Å². The van der Waals surface area contributed by atoms with Gasteiger partial charge in [0.2, 0.25) is 11.8 Å². The highest BCUT2D eigenvalue weighted by atomic mass is 35.5. The summed E-state index contributed by atoms with van der Waals surface area (Å²) in [5.41, 5.74) is 5.42. The molecule has 198 valence electrons. The van der Waals surface area contributed by atoms with Gasteiger partial charge in [0.25, 0.3) is 0 Å². The molecule has 0 saturated carbocycles. The van der Waals surface area contributed by atoms with Crippen molar-refractivity contribution >= 4 is 56.9 Å². The number of nitrogen functional groups attached to an aromatic ring is 1. The first-order chi connectivity index (χ1) is 17.9. The third-order valence-electron chi connectivity index (χ3n) is 6.35. The van der Waals surface area contributed by atoms with Gasteiger partial charge < -0.3 is 20.5 Å². The molecule has 5 rings (SSSR count). The molecule has 1 fully saturated rings. The Bertz CT molecular complexity index is 1590. The summed E-state index contributed by atoms with van der Waals surface area (Å²) in [7, 11) is 0. The highest BCUT2D eigenvalue weighted by Gasteiger charge is 2.40. The molecule has 3 heterocycles. The van der Waals surface area contributed by atoms with E-state index in [-0.39, 0.29) is 51.4 Å². The highest BCUT2D eigenvalue weighted by Crippen LogP contribution is 2.36. The van der Waals surface area contributed by atoms with Gasteiger partial charge in [0.15, 0.2) is 0 Å². The topological polar surface area (TPSA) is 106 Å². The molecule has 0 bridgehead atoms. The van der Waals surface area contributed by atoms with E-state index in [1.54, 1.807) is 0 Å². The van der Waals surface area contributed by atoms with Crippen molar-refractivity contribution in [3.05, 3.63) is 59.1 Å². The van der Waals surface area contributed by atoms with Gasteiger partial charge in [0.1, 0.15) is 42.4 Å². The molecule has 1 aliphatic heterocycles. The van der Waals surface area contributed by atoms with E-state index in [4.69, 9.17) is 17.3 Å². The van der Waals surface area contributed by atoms with Crippen LogP contribution in [0.3, 0.4) is 0 Å². The molecule has 4 aromatic rings. The van der Waals surface area contributed by atoms with Gasteiger partial charge >= 0.3 is 6.18 Å². The minimum Gasteiger partial charge on any atom is -0.383 e. The van der Waals surface area contributed by atoms with E-state index >= 15 is 0 Å². The maximum Gasteiger partial charge on any atom is 0.416 e. The Morgan fingerprint density at radius 2 is 1.92 bits per heavy atom. The molecule has 2 atom stereocenters. The quantitative estimate of drug-likeness (QED) is 0.361. The Balaban J connectivity index is 1.47. The largest absolute Gasteiger partial charge is 0.416 e. The summed E-state index contributed by atoms with van der Waals surface area (Å²) in [5.74, 6) is -2.26. The lowest BCUT2D eigenvalue weighted by Gasteiger charge is -2.24. The first kappa shape index (κ1) is 25.6. The standard InChI is InChI=1S/C24H18ClF5N6O2/c25-15-3-2-13(7-16(15)27)34-23(38)18-6-12(26)8-35(18)19(37)9-36-17-4-1-11(24(28,29)30)5-14(17)20-21(31)32-10-33-22(20)36/h1-5,7,10,12,18H,6,8-9H2,(H,34,38)(H2,31,32,33)/t12-,18+/m1/s1. The van der Waals surface area contributed by atoms with Crippen molar-refractivity contribution in [3.8, 4) is 0 Å². The predicted molar refractivity (Wildman–Crippen MR) is 130 cm³/mol. The zero-order valence-electron chi connectivity index (χ0n) is 19.3. The van der Waals surface area contributed by atoms with Crippen molar-refractivity contribution in [2.75, 3.05) is 17.6 Å². The van der Waals surface area contributed by atoms with Crippen LogP contribution in [-0.2, 0) is 22.3 Å². The Kier molecular flexibility index (Phi) is 6.33. The van der Waals surface area contributed by atoms with Gasteiger partial charge in [-0.15, -0.1) is 0 Å². The summed E-state index contributed by atoms with van der Waals surface area (Å²) < 4.78 is 69.6. The molecule has 1 aliphatic rings. The Hall–Kier alpha value is -4.00. The zero-order valence-corrected chi connectivity index (χ0v) is 20.0. The molecular formula is C24H18ClF5N6O2. The number of hydrogen-bond donors (Lipinski definition) is 2. The average molecular weight is 553 g/mol. The van der Waals surface area contributed by atoms with Gasteiger partial charge in [-0.1, -0.05) is 11.6 Å². The smallest absolute Gasteiger partial charge is 0.383 e. The fraction of sp³-hybridized carbons (Fsp3) is 0.250. The normalized spacial score (nSPS) is 17.9. The van der Waals surface area contributed by atoms with E-state index in [0.29, 0.717) is 0 Å². The summed E-state index contributed by atoms with van der Waals surface area (Å²) in [6.45, 7) is -0.841. The molecule has 1 saturated heterocycles. The molecule has 0 spiro atoms. The van der Waals surface area contributed by atoms with Gasteiger partial charge in [0.05, 0.1) is 28.0 Å². The number of aromatic nitrogens is 3. The first-order valence-corrected chi connectivity index (χ1v) is 11.6. The van der Waals surface area contributed by atoms with Crippen LogP contribution in [0.1, 0.15) is 12.0 Å². The van der Waals surface area contributed by atoms with Crippen LogP contribution in [0, 0.1) is 5.82 Å². The Labute approximate surface area is 216 Å². The van der Waals surface area contributed by atoms with Gasteiger partial charge in [-0.05, 0) is 36.4 Å². The van der Waals surface area contributed by atoms with E-state index in [1.807, 2.05) is 0 Å². The number of nitrogens with one attached hydrogen (secondary N) is 1. The second-order valence-electron chi connectivity index (χ2n) is 8.79. The summed E-state index contributed by atoms with van der Waals surface area (Å²) in [4.78, 5) is 35.3. The maximum absolute atomic E-state index is 14.4. The van der Waals surface area contributed by atoms with Crippen LogP contribution in [-0.4, -0.2) is 50.0 Å². The van der Waals surface area contributed by atoms with Crippen LogP contribution >= 0.6 is 11.6 Å². The van der Waals surface area contributed by atoms with Crippen molar-refractivity contribution in [2.24, 2.45) is 0 Å². The fourth-order valence-corrected chi connectivity index (χ4v) is 4.73. The van der Waals surface area contributed by atoms with Crippen LogP contribution in [0.4, 0.5) is 33.5 Å². The van der Waals surface area contributed by atoms with Crippen LogP contribution in [0.2, 0.25) is 5.02 Å². The molecule has 8 nitrogen and oxygen atoms in total. The zero-order chi connectivity index (χ0) is 27.4. The van der Waals surface area contributed by atoms with Crippen molar-refractivity contribution < 1.29 is 31.5 Å². The second kappa shape index (κ2) is 9.39. The van der Waals surface area contributed by atoms with E-state index < -0.39 is 48.1 Å². The van der Waals surface area contributed by atoms with Crippen LogP contribution in [0.25, 0.3) is 21.9 Å². The second-order valence-corrected chi connectivity index (χ2v) is 9.19. The molecule has 3 N–H and O–H groups in total. The number of halogens is 6. The molecule has 2 aromatic carbocycles. The lowest BCUT2D eigenvalue weighted by atomic mass is 10.1. The van der Waals surface area contributed by atoms with E-state index in [0.717, 1.165) is 29.4 Å². The molecule has 38 heavy (non-hydrogen) atoms. The van der Waals surface area contributed by atoms with Crippen molar-refractivity contribution in [1.29, 1.82) is 0 Å². The third-order valence-corrected chi connectivity index (χ3v) is 6.66. The summed E-state index contributed by atoms with van der Waals surface area (Å²) in [5, 5.41) is 2.52. The van der Waals surface area contributed by atoms with Gasteiger partial charge in [-0.25, -0.2) is 18.7 Å². The number of nitrogens with zero attached hydrogens (tertiary/aromatic N) is 4. The molecular weight excluding hydrogens is 535 g/mol. The van der Waals surface area contributed by atoms with Crippen LogP contribution in [0.5, 0.6) is 0 Å². The SMILES string of the molecule is Nc1ncnc2c1c1cc(C(F)(F)F)ccc1n2CC(=O)N1C[C@H](F)C[C@H]1C(=O)Nc1ccc(Cl)c(F)c1. The van der Waals surface area contributed by atoms with Crippen LogP contribution < -0.4 is 11.1 Å². The summed E-state index contributed by atoms with van der Waals surface area (Å²) in [6, 6.07) is 5.32. The van der Waals surface area contributed by atoms with E-state index in [9.17, 15) is 31.5 Å². The summed E-state index contributed by atoms with van der Waals surface area (Å²) >= 11 is 5.65. The number of amides is 2. The Morgan fingerprint density at radius 3 is 2.63 bits per heavy atom. The molecule has 2 amide bonds. The molecule has 2 aromatic heterocycles.